The molecule has 7 nitrogen and oxygen atoms in total. The van der Waals surface area contributed by atoms with E-state index in [1.807, 2.05) is 38.1 Å². The molecule has 0 bridgehead atoms. The van der Waals surface area contributed by atoms with Gasteiger partial charge in [0, 0.05) is 30.2 Å². The van der Waals surface area contributed by atoms with E-state index in [0.717, 1.165) is 10.8 Å². The van der Waals surface area contributed by atoms with Crippen molar-refractivity contribution in [2.24, 2.45) is 0 Å². The van der Waals surface area contributed by atoms with E-state index in [0.29, 0.717) is 37.0 Å². The first-order valence-electron chi connectivity index (χ1n) is 8.70. The molecule has 134 valence electrons. The van der Waals surface area contributed by atoms with E-state index in [1.54, 1.807) is 17.3 Å². The van der Waals surface area contributed by atoms with Gasteiger partial charge in [0.1, 0.15) is 0 Å². The Morgan fingerprint density at radius 2 is 2.08 bits per heavy atom. The van der Waals surface area contributed by atoms with Gasteiger partial charge >= 0.3 is 0 Å². The molecule has 0 aliphatic carbocycles. The number of amides is 1. The van der Waals surface area contributed by atoms with E-state index in [9.17, 15) is 4.79 Å². The third-order valence-electron chi connectivity index (χ3n) is 4.48. The molecule has 3 aromatic rings. The third kappa shape index (κ3) is 3.06. The van der Waals surface area contributed by atoms with Crippen molar-refractivity contribution in [3.05, 3.63) is 54.0 Å². The minimum Gasteiger partial charge on any atom is -0.422 e. The maximum atomic E-state index is 13.1. The summed E-state index contributed by atoms with van der Waals surface area (Å²) in [7, 11) is 0. The molecule has 1 aliphatic rings. The van der Waals surface area contributed by atoms with Gasteiger partial charge in [-0.3, -0.25) is 9.78 Å². The highest BCUT2D eigenvalue weighted by atomic mass is 16.5. The molecule has 1 aliphatic heterocycles. The quantitative estimate of drug-likeness (QED) is 0.721. The first-order valence-corrected chi connectivity index (χ1v) is 8.70. The van der Waals surface area contributed by atoms with Crippen molar-refractivity contribution in [3.63, 3.8) is 0 Å². The van der Waals surface area contributed by atoms with E-state index in [2.05, 4.69) is 15.2 Å². The number of morpholine rings is 1. The van der Waals surface area contributed by atoms with Crippen LogP contribution in [0.25, 0.3) is 10.8 Å². The minimum absolute atomic E-state index is 0.0637. The average Bonchev–Trinajstić information content (AvgIpc) is 3.18. The number of hydrogen-bond acceptors (Lipinski definition) is 6. The van der Waals surface area contributed by atoms with Gasteiger partial charge in [-0.2, -0.15) is 0 Å². The highest BCUT2D eigenvalue weighted by molar-refractivity contribution is 6.06. The Balaban J connectivity index is 1.58. The van der Waals surface area contributed by atoms with Crippen LogP contribution < -0.4 is 0 Å². The monoisotopic (exact) mass is 352 g/mol. The van der Waals surface area contributed by atoms with Crippen molar-refractivity contribution in [2.75, 3.05) is 19.7 Å². The maximum absolute atomic E-state index is 13.1. The van der Waals surface area contributed by atoms with Gasteiger partial charge in [0.25, 0.3) is 5.91 Å². The van der Waals surface area contributed by atoms with E-state index >= 15 is 0 Å². The fourth-order valence-electron chi connectivity index (χ4n) is 3.05. The predicted molar refractivity (Wildman–Crippen MR) is 94.7 cm³/mol. The van der Waals surface area contributed by atoms with E-state index in [4.69, 9.17) is 9.15 Å². The van der Waals surface area contributed by atoms with Crippen molar-refractivity contribution in [2.45, 2.75) is 25.9 Å². The largest absolute Gasteiger partial charge is 0.422 e. The van der Waals surface area contributed by atoms with Gasteiger partial charge in [0.2, 0.25) is 11.8 Å². The smallest absolute Gasteiger partial charge is 0.256 e. The van der Waals surface area contributed by atoms with Gasteiger partial charge in [0.05, 0.1) is 18.7 Å². The molecule has 1 unspecified atom stereocenters. The van der Waals surface area contributed by atoms with Gasteiger partial charge in [-0.1, -0.05) is 38.1 Å². The van der Waals surface area contributed by atoms with E-state index in [1.165, 1.54) is 0 Å². The summed E-state index contributed by atoms with van der Waals surface area (Å²) in [6.07, 6.45) is 2.98. The van der Waals surface area contributed by atoms with Crippen molar-refractivity contribution in [3.8, 4) is 0 Å². The first kappa shape index (κ1) is 16.7. The van der Waals surface area contributed by atoms with Crippen LogP contribution in [0.15, 0.2) is 41.1 Å². The summed E-state index contributed by atoms with van der Waals surface area (Å²) in [5.41, 5.74) is 0.595. The number of pyridine rings is 1. The zero-order chi connectivity index (χ0) is 18.1. The molecule has 4 rings (SSSR count). The molecule has 0 saturated carbocycles. The highest BCUT2D eigenvalue weighted by Gasteiger charge is 2.30. The SMILES string of the molecule is CC(C)c1nnc(C2CN(C(=O)c3cncc4ccccc34)CCO2)o1. The number of rotatable bonds is 3. The van der Waals surface area contributed by atoms with Crippen LogP contribution in [-0.2, 0) is 4.74 Å². The lowest BCUT2D eigenvalue weighted by Crippen LogP contribution is -2.42. The molecular formula is C19H20N4O3. The fraction of sp³-hybridized carbons (Fsp3) is 0.368. The molecule has 2 aromatic heterocycles. The van der Waals surface area contributed by atoms with E-state index < -0.39 is 6.10 Å². The molecule has 7 heteroatoms. The van der Waals surface area contributed by atoms with Crippen LogP contribution in [0, 0.1) is 0 Å². The Morgan fingerprint density at radius 1 is 1.23 bits per heavy atom. The molecule has 0 N–H and O–H groups in total. The zero-order valence-electron chi connectivity index (χ0n) is 14.8. The summed E-state index contributed by atoms with van der Waals surface area (Å²) in [6, 6.07) is 7.75. The molecule has 1 fully saturated rings. The lowest BCUT2D eigenvalue weighted by atomic mass is 10.1. The number of carbonyl (C=O) groups is 1. The van der Waals surface area contributed by atoms with Crippen molar-refractivity contribution < 1.29 is 13.9 Å². The van der Waals surface area contributed by atoms with Crippen LogP contribution in [0.1, 0.15) is 48.0 Å². The second kappa shape index (κ2) is 6.84. The van der Waals surface area contributed by atoms with Crippen LogP contribution in [0.3, 0.4) is 0 Å². The fourth-order valence-corrected chi connectivity index (χ4v) is 3.05. The summed E-state index contributed by atoms with van der Waals surface area (Å²) in [5.74, 6) is 1.08. The van der Waals surface area contributed by atoms with Crippen LogP contribution in [0.4, 0.5) is 0 Å². The Bertz CT molecular complexity index is 932. The van der Waals surface area contributed by atoms with Crippen LogP contribution in [-0.4, -0.2) is 45.7 Å². The molecule has 3 heterocycles. The first-order chi connectivity index (χ1) is 12.6. The standard InChI is InChI=1S/C19H20N4O3/c1-12(2)17-21-22-18(26-17)16-11-23(7-8-25-16)19(24)15-10-20-9-13-5-3-4-6-14(13)15/h3-6,9-10,12,16H,7-8,11H2,1-2H3. The van der Waals surface area contributed by atoms with Crippen LogP contribution in [0.2, 0.25) is 0 Å². The summed E-state index contributed by atoms with van der Waals surface area (Å²) in [5, 5.41) is 9.98. The third-order valence-corrected chi connectivity index (χ3v) is 4.48. The normalized spacial score (nSPS) is 17.8. The Labute approximate surface area is 151 Å². The summed E-state index contributed by atoms with van der Waals surface area (Å²) >= 11 is 0. The lowest BCUT2D eigenvalue weighted by Gasteiger charge is -2.31. The van der Waals surface area contributed by atoms with E-state index in [-0.39, 0.29) is 11.8 Å². The van der Waals surface area contributed by atoms with Gasteiger partial charge in [-0.15, -0.1) is 10.2 Å². The second-order valence-corrected chi connectivity index (χ2v) is 6.65. The lowest BCUT2D eigenvalue weighted by molar-refractivity contribution is -0.0350. The van der Waals surface area contributed by atoms with Crippen LogP contribution >= 0.6 is 0 Å². The molecule has 1 saturated heterocycles. The number of ether oxygens (including phenoxy) is 1. The average molecular weight is 352 g/mol. The molecule has 0 radical (unpaired) electrons. The Hall–Kier alpha value is -2.80. The number of nitrogens with zero attached hydrogens (tertiary/aromatic N) is 4. The topological polar surface area (TPSA) is 81.4 Å². The van der Waals surface area contributed by atoms with Gasteiger partial charge in [0.15, 0.2) is 6.10 Å². The van der Waals surface area contributed by atoms with Crippen molar-refractivity contribution in [1.29, 1.82) is 0 Å². The Kier molecular flexibility index (Phi) is 4.38. The van der Waals surface area contributed by atoms with Gasteiger partial charge in [-0.05, 0) is 5.39 Å². The van der Waals surface area contributed by atoms with Crippen molar-refractivity contribution in [1.82, 2.24) is 20.1 Å². The summed E-state index contributed by atoms with van der Waals surface area (Å²) in [4.78, 5) is 19.0. The zero-order valence-corrected chi connectivity index (χ0v) is 14.8. The molecule has 26 heavy (non-hydrogen) atoms. The minimum atomic E-state index is -0.407. The molecule has 1 atom stereocenters. The number of hydrogen-bond donors (Lipinski definition) is 0. The number of aromatic nitrogens is 3. The van der Waals surface area contributed by atoms with Crippen LogP contribution in [0.5, 0.6) is 0 Å². The molecular weight excluding hydrogens is 332 g/mol. The van der Waals surface area contributed by atoms with Gasteiger partial charge in [-0.25, -0.2) is 0 Å². The molecule has 0 spiro atoms. The summed E-state index contributed by atoms with van der Waals surface area (Å²) in [6.45, 7) is 5.30. The summed E-state index contributed by atoms with van der Waals surface area (Å²) < 4.78 is 11.4. The van der Waals surface area contributed by atoms with Gasteiger partial charge < -0.3 is 14.1 Å². The molecule has 1 amide bonds. The molecule has 1 aromatic carbocycles. The number of carbonyl (C=O) groups excluding carboxylic acids is 1. The second-order valence-electron chi connectivity index (χ2n) is 6.65. The number of benzene rings is 1. The Morgan fingerprint density at radius 3 is 2.88 bits per heavy atom. The van der Waals surface area contributed by atoms with Crippen molar-refractivity contribution >= 4 is 16.7 Å². The maximum Gasteiger partial charge on any atom is 0.256 e. The predicted octanol–water partition coefficient (Wildman–Crippen LogP) is 2.95. The number of fused-ring (bicyclic) bond motifs is 1. The highest BCUT2D eigenvalue weighted by Crippen LogP contribution is 2.25.